The van der Waals surface area contributed by atoms with Crippen LogP contribution in [0, 0.1) is 0 Å². The SMILES string of the molecule is Cn1cc(CCc2ncnc3c2CNCC3)cn1. The van der Waals surface area contributed by atoms with Crippen LogP contribution in [0.3, 0.4) is 0 Å². The summed E-state index contributed by atoms with van der Waals surface area (Å²) in [6.45, 7) is 1.92. The molecule has 18 heavy (non-hydrogen) atoms. The molecule has 1 N–H and O–H groups in total. The molecule has 0 unspecified atom stereocenters. The molecule has 0 amide bonds. The Morgan fingerprint density at radius 2 is 2.28 bits per heavy atom. The first-order valence-corrected chi connectivity index (χ1v) is 6.33. The maximum Gasteiger partial charge on any atom is 0.115 e. The number of aryl methyl sites for hydroxylation is 3. The molecule has 0 saturated carbocycles. The molecule has 0 radical (unpaired) electrons. The first kappa shape index (κ1) is 11.3. The van der Waals surface area contributed by atoms with Gasteiger partial charge in [0, 0.05) is 49.7 Å². The molecule has 94 valence electrons. The van der Waals surface area contributed by atoms with Crippen molar-refractivity contribution in [3.63, 3.8) is 0 Å². The summed E-state index contributed by atoms with van der Waals surface area (Å²) in [6.07, 6.45) is 8.63. The highest BCUT2D eigenvalue weighted by atomic mass is 15.2. The molecule has 3 rings (SSSR count). The van der Waals surface area contributed by atoms with Gasteiger partial charge in [-0.2, -0.15) is 5.10 Å². The summed E-state index contributed by atoms with van der Waals surface area (Å²) in [6, 6.07) is 0. The van der Waals surface area contributed by atoms with E-state index in [4.69, 9.17) is 0 Å². The van der Waals surface area contributed by atoms with Crippen LogP contribution in [0.4, 0.5) is 0 Å². The highest BCUT2D eigenvalue weighted by molar-refractivity contribution is 5.27. The summed E-state index contributed by atoms with van der Waals surface area (Å²) in [5.41, 5.74) is 4.95. The predicted molar refractivity (Wildman–Crippen MR) is 68.1 cm³/mol. The number of nitrogens with zero attached hydrogens (tertiary/aromatic N) is 4. The number of hydrogen-bond acceptors (Lipinski definition) is 4. The third-order valence-corrected chi connectivity index (χ3v) is 3.37. The van der Waals surface area contributed by atoms with E-state index in [1.54, 1.807) is 6.33 Å². The van der Waals surface area contributed by atoms with Crippen molar-refractivity contribution in [1.82, 2.24) is 25.1 Å². The molecular weight excluding hydrogens is 226 g/mol. The summed E-state index contributed by atoms with van der Waals surface area (Å²) >= 11 is 0. The average molecular weight is 243 g/mol. The molecule has 2 aromatic heterocycles. The largest absolute Gasteiger partial charge is 0.312 e. The van der Waals surface area contributed by atoms with Gasteiger partial charge in [-0.15, -0.1) is 0 Å². The summed E-state index contributed by atoms with van der Waals surface area (Å²) in [5.74, 6) is 0. The standard InChI is InChI=1S/C13H17N5/c1-18-8-10(6-17-18)2-3-12-11-7-14-5-4-13(11)16-9-15-12/h6,8-9,14H,2-5,7H2,1H3. The highest BCUT2D eigenvalue weighted by Gasteiger charge is 2.14. The predicted octanol–water partition coefficient (Wildman–Crippen LogP) is 0.641. The zero-order valence-corrected chi connectivity index (χ0v) is 10.6. The van der Waals surface area contributed by atoms with Gasteiger partial charge in [0.1, 0.15) is 6.33 Å². The summed E-state index contributed by atoms with van der Waals surface area (Å²) < 4.78 is 1.84. The Morgan fingerprint density at radius 3 is 3.11 bits per heavy atom. The van der Waals surface area contributed by atoms with Gasteiger partial charge in [0.05, 0.1) is 6.20 Å². The lowest BCUT2D eigenvalue weighted by Crippen LogP contribution is -2.26. The van der Waals surface area contributed by atoms with E-state index in [1.807, 2.05) is 17.9 Å². The molecule has 0 aromatic carbocycles. The Kier molecular flexibility index (Phi) is 3.06. The number of hydrogen-bond donors (Lipinski definition) is 1. The Labute approximate surface area is 106 Å². The molecule has 1 aliphatic heterocycles. The smallest absolute Gasteiger partial charge is 0.115 e. The van der Waals surface area contributed by atoms with Crippen molar-refractivity contribution in [1.29, 1.82) is 0 Å². The minimum Gasteiger partial charge on any atom is -0.312 e. The zero-order chi connectivity index (χ0) is 12.4. The van der Waals surface area contributed by atoms with Crippen molar-refractivity contribution in [2.45, 2.75) is 25.8 Å². The fourth-order valence-corrected chi connectivity index (χ4v) is 2.41. The zero-order valence-electron chi connectivity index (χ0n) is 10.6. The van der Waals surface area contributed by atoms with Crippen molar-refractivity contribution in [3.8, 4) is 0 Å². The van der Waals surface area contributed by atoms with Gasteiger partial charge in [-0.05, 0) is 18.4 Å². The van der Waals surface area contributed by atoms with Crippen molar-refractivity contribution in [2.75, 3.05) is 6.54 Å². The molecule has 5 nitrogen and oxygen atoms in total. The van der Waals surface area contributed by atoms with Crippen LogP contribution in [0.15, 0.2) is 18.7 Å². The van der Waals surface area contributed by atoms with Crippen LogP contribution in [-0.2, 0) is 32.9 Å². The summed E-state index contributed by atoms with van der Waals surface area (Å²) in [5, 5.41) is 7.58. The molecule has 1 aliphatic rings. The second-order valence-corrected chi connectivity index (χ2v) is 4.69. The molecular formula is C13H17N5. The monoisotopic (exact) mass is 243 g/mol. The van der Waals surface area contributed by atoms with Crippen LogP contribution in [-0.4, -0.2) is 26.3 Å². The summed E-state index contributed by atoms with van der Waals surface area (Å²) in [4.78, 5) is 8.81. The van der Waals surface area contributed by atoms with E-state index in [0.717, 1.165) is 32.4 Å². The van der Waals surface area contributed by atoms with Gasteiger partial charge in [-0.1, -0.05) is 0 Å². The normalized spacial score (nSPS) is 14.5. The molecule has 0 spiro atoms. The molecule has 5 heteroatoms. The minimum absolute atomic E-state index is 0.901. The fraction of sp³-hybridized carbons (Fsp3) is 0.462. The summed E-state index contributed by atoms with van der Waals surface area (Å²) in [7, 11) is 1.94. The molecule has 0 atom stereocenters. The van der Waals surface area contributed by atoms with Gasteiger partial charge in [-0.25, -0.2) is 9.97 Å². The van der Waals surface area contributed by atoms with Crippen molar-refractivity contribution < 1.29 is 0 Å². The van der Waals surface area contributed by atoms with E-state index in [9.17, 15) is 0 Å². The molecule has 0 bridgehead atoms. The quantitative estimate of drug-likeness (QED) is 0.859. The maximum atomic E-state index is 4.44. The lowest BCUT2D eigenvalue weighted by Gasteiger charge is -2.18. The van der Waals surface area contributed by atoms with Crippen LogP contribution in [0.5, 0.6) is 0 Å². The second-order valence-electron chi connectivity index (χ2n) is 4.69. The number of nitrogens with one attached hydrogen (secondary N) is 1. The van der Waals surface area contributed by atoms with Crippen LogP contribution >= 0.6 is 0 Å². The van der Waals surface area contributed by atoms with Gasteiger partial charge < -0.3 is 5.32 Å². The Balaban J connectivity index is 1.76. The van der Waals surface area contributed by atoms with Crippen molar-refractivity contribution >= 4 is 0 Å². The van der Waals surface area contributed by atoms with Crippen molar-refractivity contribution in [3.05, 3.63) is 41.2 Å². The van der Waals surface area contributed by atoms with E-state index < -0.39 is 0 Å². The first-order valence-electron chi connectivity index (χ1n) is 6.33. The van der Waals surface area contributed by atoms with Crippen LogP contribution in [0.1, 0.15) is 22.5 Å². The number of rotatable bonds is 3. The Morgan fingerprint density at radius 1 is 1.33 bits per heavy atom. The lowest BCUT2D eigenvalue weighted by atomic mass is 10.0. The van der Waals surface area contributed by atoms with E-state index in [1.165, 1.54) is 22.5 Å². The van der Waals surface area contributed by atoms with Gasteiger partial charge in [0.2, 0.25) is 0 Å². The Bertz CT molecular complexity index is 546. The third kappa shape index (κ3) is 2.26. The van der Waals surface area contributed by atoms with Gasteiger partial charge in [-0.3, -0.25) is 4.68 Å². The van der Waals surface area contributed by atoms with Gasteiger partial charge >= 0.3 is 0 Å². The second kappa shape index (κ2) is 4.86. The van der Waals surface area contributed by atoms with E-state index in [2.05, 4.69) is 26.6 Å². The molecule has 0 saturated heterocycles. The van der Waals surface area contributed by atoms with E-state index in [0.29, 0.717) is 0 Å². The van der Waals surface area contributed by atoms with Crippen LogP contribution in [0.2, 0.25) is 0 Å². The number of fused-ring (bicyclic) bond motifs is 1. The minimum atomic E-state index is 0.901. The Hall–Kier alpha value is -1.75. The van der Waals surface area contributed by atoms with Gasteiger partial charge in [0.25, 0.3) is 0 Å². The lowest BCUT2D eigenvalue weighted by molar-refractivity contribution is 0.615. The first-order chi connectivity index (χ1) is 8.83. The molecule has 2 aromatic rings. The van der Waals surface area contributed by atoms with E-state index >= 15 is 0 Å². The third-order valence-electron chi connectivity index (χ3n) is 3.37. The molecule has 3 heterocycles. The molecule has 0 fully saturated rings. The number of aromatic nitrogens is 4. The van der Waals surface area contributed by atoms with Crippen molar-refractivity contribution in [2.24, 2.45) is 7.05 Å². The van der Waals surface area contributed by atoms with Crippen LogP contribution < -0.4 is 5.32 Å². The maximum absolute atomic E-state index is 4.44. The van der Waals surface area contributed by atoms with Crippen LogP contribution in [0.25, 0.3) is 0 Å². The highest BCUT2D eigenvalue weighted by Crippen LogP contribution is 2.16. The average Bonchev–Trinajstić information content (AvgIpc) is 2.82. The van der Waals surface area contributed by atoms with E-state index in [-0.39, 0.29) is 0 Å². The molecule has 0 aliphatic carbocycles. The fourth-order valence-electron chi connectivity index (χ4n) is 2.41. The topological polar surface area (TPSA) is 55.6 Å². The van der Waals surface area contributed by atoms with Gasteiger partial charge in [0.15, 0.2) is 0 Å².